The SMILES string of the molecule is CN=C(NCCCCCN1CCCCC1)NC1CCN(C(C)C)CC1.I. The summed E-state index contributed by atoms with van der Waals surface area (Å²) in [5.41, 5.74) is 0. The van der Waals surface area contributed by atoms with Crippen LogP contribution in [-0.2, 0) is 0 Å². The highest BCUT2D eigenvalue weighted by Gasteiger charge is 2.21. The van der Waals surface area contributed by atoms with Crippen LogP contribution >= 0.6 is 24.0 Å². The molecule has 2 rings (SSSR count). The lowest BCUT2D eigenvalue weighted by molar-refractivity contribution is 0.167. The summed E-state index contributed by atoms with van der Waals surface area (Å²) in [6.07, 6.45) is 10.6. The topological polar surface area (TPSA) is 42.9 Å². The molecule has 0 saturated carbocycles. The second kappa shape index (κ2) is 14.0. The summed E-state index contributed by atoms with van der Waals surface area (Å²) in [6, 6.07) is 1.24. The molecule has 0 aromatic heterocycles. The first-order chi connectivity index (χ1) is 12.2. The number of unbranched alkanes of at least 4 members (excludes halogenated alkanes) is 2. The first kappa shape index (κ1) is 24.0. The number of nitrogens with one attached hydrogen (secondary N) is 2. The van der Waals surface area contributed by atoms with Crippen molar-refractivity contribution in [3.63, 3.8) is 0 Å². The third-order valence-electron chi connectivity index (χ3n) is 5.72. The molecular formula is C20H42IN5. The highest BCUT2D eigenvalue weighted by molar-refractivity contribution is 14.0. The lowest BCUT2D eigenvalue weighted by atomic mass is 10.0. The Morgan fingerprint density at radius 3 is 2.31 bits per heavy atom. The van der Waals surface area contributed by atoms with Crippen molar-refractivity contribution >= 4 is 29.9 Å². The van der Waals surface area contributed by atoms with Crippen LogP contribution in [0.2, 0.25) is 0 Å². The maximum atomic E-state index is 4.40. The molecule has 154 valence electrons. The number of likely N-dealkylation sites (tertiary alicyclic amines) is 2. The van der Waals surface area contributed by atoms with Crippen LogP contribution in [0.4, 0.5) is 0 Å². The molecule has 6 heteroatoms. The molecule has 0 aromatic rings. The number of guanidine groups is 1. The van der Waals surface area contributed by atoms with Crippen LogP contribution in [0.3, 0.4) is 0 Å². The second-order valence-electron chi connectivity index (χ2n) is 8.01. The van der Waals surface area contributed by atoms with Gasteiger partial charge in [0.05, 0.1) is 0 Å². The Bertz CT molecular complexity index is 374. The van der Waals surface area contributed by atoms with Gasteiger partial charge in [0.15, 0.2) is 5.96 Å². The lowest BCUT2D eigenvalue weighted by Crippen LogP contribution is -2.49. The molecule has 0 aromatic carbocycles. The number of hydrogen-bond donors (Lipinski definition) is 2. The van der Waals surface area contributed by atoms with E-state index in [1.807, 2.05) is 7.05 Å². The van der Waals surface area contributed by atoms with Gasteiger partial charge < -0.3 is 20.4 Å². The minimum atomic E-state index is 0. The average molecular weight is 479 g/mol. The van der Waals surface area contributed by atoms with E-state index in [1.54, 1.807) is 0 Å². The molecule has 2 aliphatic heterocycles. The minimum absolute atomic E-state index is 0. The molecule has 0 atom stereocenters. The molecule has 0 amide bonds. The zero-order valence-electron chi connectivity index (χ0n) is 17.3. The van der Waals surface area contributed by atoms with E-state index < -0.39 is 0 Å². The Morgan fingerprint density at radius 2 is 1.69 bits per heavy atom. The van der Waals surface area contributed by atoms with E-state index >= 15 is 0 Å². The predicted molar refractivity (Wildman–Crippen MR) is 124 cm³/mol. The Morgan fingerprint density at radius 1 is 1.00 bits per heavy atom. The van der Waals surface area contributed by atoms with Gasteiger partial charge >= 0.3 is 0 Å². The molecule has 2 heterocycles. The van der Waals surface area contributed by atoms with E-state index in [2.05, 4.69) is 39.3 Å². The highest BCUT2D eigenvalue weighted by atomic mass is 127. The summed E-state index contributed by atoms with van der Waals surface area (Å²) in [4.78, 5) is 9.61. The van der Waals surface area contributed by atoms with Gasteiger partial charge in [0.2, 0.25) is 0 Å². The van der Waals surface area contributed by atoms with Crippen LogP contribution in [0.1, 0.15) is 65.2 Å². The quantitative estimate of drug-likeness (QED) is 0.243. The summed E-state index contributed by atoms with van der Waals surface area (Å²) >= 11 is 0. The van der Waals surface area contributed by atoms with Crippen molar-refractivity contribution < 1.29 is 0 Å². The number of rotatable bonds is 8. The van der Waals surface area contributed by atoms with Crippen LogP contribution in [-0.4, -0.2) is 74.2 Å². The molecule has 0 unspecified atom stereocenters. The average Bonchev–Trinajstić information content (AvgIpc) is 2.64. The standard InChI is InChI=1S/C20H41N5.HI/c1-18(2)25-16-10-19(11-17-25)23-20(21-3)22-12-6-4-7-13-24-14-8-5-9-15-24;/h18-19H,4-17H2,1-3H3,(H2,21,22,23);1H. The van der Waals surface area contributed by atoms with Crippen molar-refractivity contribution in [3.8, 4) is 0 Å². The summed E-state index contributed by atoms with van der Waals surface area (Å²) < 4.78 is 0. The molecule has 2 N–H and O–H groups in total. The van der Waals surface area contributed by atoms with E-state index in [1.165, 1.54) is 84.1 Å². The number of halogens is 1. The molecule has 5 nitrogen and oxygen atoms in total. The second-order valence-corrected chi connectivity index (χ2v) is 8.01. The minimum Gasteiger partial charge on any atom is -0.356 e. The van der Waals surface area contributed by atoms with E-state index in [4.69, 9.17) is 0 Å². The van der Waals surface area contributed by atoms with E-state index in [-0.39, 0.29) is 24.0 Å². The molecule has 0 bridgehead atoms. The molecule has 26 heavy (non-hydrogen) atoms. The van der Waals surface area contributed by atoms with Crippen molar-refractivity contribution in [2.75, 3.05) is 46.3 Å². The van der Waals surface area contributed by atoms with Gasteiger partial charge in [-0.25, -0.2) is 0 Å². The number of hydrogen-bond acceptors (Lipinski definition) is 3. The van der Waals surface area contributed by atoms with Gasteiger partial charge in [-0.05, 0) is 72.0 Å². The first-order valence-electron chi connectivity index (χ1n) is 10.6. The van der Waals surface area contributed by atoms with Gasteiger partial charge in [-0.2, -0.15) is 0 Å². The molecule has 0 spiro atoms. The van der Waals surface area contributed by atoms with Crippen molar-refractivity contribution in [1.29, 1.82) is 0 Å². The molecule has 0 radical (unpaired) electrons. The smallest absolute Gasteiger partial charge is 0.191 e. The zero-order valence-corrected chi connectivity index (χ0v) is 19.6. The van der Waals surface area contributed by atoms with Crippen LogP contribution in [0.15, 0.2) is 4.99 Å². The van der Waals surface area contributed by atoms with Crippen molar-refractivity contribution in [1.82, 2.24) is 20.4 Å². The van der Waals surface area contributed by atoms with Gasteiger partial charge in [-0.1, -0.05) is 12.8 Å². The Hall–Kier alpha value is -0.0800. The number of piperidine rings is 2. The van der Waals surface area contributed by atoms with Crippen molar-refractivity contribution in [2.24, 2.45) is 4.99 Å². The fraction of sp³-hybridized carbons (Fsp3) is 0.950. The van der Waals surface area contributed by atoms with Crippen LogP contribution in [0, 0.1) is 0 Å². The number of nitrogens with zero attached hydrogens (tertiary/aromatic N) is 3. The fourth-order valence-electron chi connectivity index (χ4n) is 3.98. The lowest BCUT2D eigenvalue weighted by Gasteiger charge is -2.35. The van der Waals surface area contributed by atoms with Gasteiger partial charge in [-0.3, -0.25) is 4.99 Å². The van der Waals surface area contributed by atoms with Crippen molar-refractivity contribution in [2.45, 2.75) is 77.3 Å². The van der Waals surface area contributed by atoms with E-state index in [0.29, 0.717) is 12.1 Å². The molecule has 2 aliphatic rings. The summed E-state index contributed by atoms with van der Waals surface area (Å²) in [6.45, 7) is 11.9. The molecular weight excluding hydrogens is 437 g/mol. The Kier molecular flexibility index (Phi) is 12.9. The molecule has 2 fully saturated rings. The monoisotopic (exact) mass is 479 g/mol. The third-order valence-corrected chi connectivity index (χ3v) is 5.72. The summed E-state index contributed by atoms with van der Waals surface area (Å²) in [5, 5.41) is 7.11. The number of aliphatic imine (C=N–C) groups is 1. The maximum Gasteiger partial charge on any atom is 0.191 e. The van der Waals surface area contributed by atoms with Crippen LogP contribution in [0.5, 0.6) is 0 Å². The largest absolute Gasteiger partial charge is 0.356 e. The normalized spacial score (nSPS) is 20.8. The predicted octanol–water partition coefficient (Wildman–Crippen LogP) is 3.30. The Labute approximate surface area is 178 Å². The summed E-state index contributed by atoms with van der Waals surface area (Å²) in [5.74, 6) is 0.985. The maximum absolute atomic E-state index is 4.40. The summed E-state index contributed by atoms with van der Waals surface area (Å²) in [7, 11) is 1.88. The zero-order chi connectivity index (χ0) is 17.9. The first-order valence-corrected chi connectivity index (χ1v) is 10.6. The fourth-order valence-corrected chi connectivity index (χ4v) is 3.98. The van der Waals surface area contributed by atoms with Crippen LogP contribution in [0.25, 0.3) is 0 Å². The highest BCUT2D eigenvalue weighted by Crippen LogP contribution is 2.13. The van der Waals surface area contributed by atoms with E-state index in [0.717, 1.165) is 12.5 Å². The van der Waals surface area contributed by atoms with Gasteiger partial charge in [0.1, 0.15) is 0 Å². The van der Waals surface area contributed by atoms with Crippen LogP contribution < -0.4 is 10.6 Å². The van der Waals surface area contributed by atoms with E-state index in [9.17, 15) is 0 Å². The van der Waals surface area contributed by atoms with Crippen molar-refractivity contribution in [3.05, 3.63) is 0 Å². The van der Waals surface area contributed by atoms with Gasteiger partial charge in [0, 0.05) is 38.8 Å². The Balaban J connectivity index is 0.00000338. The van der Waals surface area contributed by atoms with Gasteiger partial charge in [0.25, 0.3) is 0 Å². The molecule has 2 saturated heterocycles. The third kappa shape index (κ3) is 9.22. The molecule has 0 aliphatic carbocycles. The van der Waals surface area contributed by atoms with Gasteiger partial charge in [-0.15, -0.1) is 24.0 Å².